The number of carbonyl (C=O) groups is 2. The summed E-state index contributed by atoms with van der Waals surface area (Å²) in [4.78, 5) is 25.1. The van der Waals surface area contributed by atoms with E-state index in [1.165, 1.54) is 0 Å². The minimum atomic E-state index is -0.322. The molecule has 3 rings (SSSR count). The molecule has 20 heavy (non-hydrogen) atoms. The third-order valence-corrected chi connectivity index (χ3v) is 5.54. The highest BCUT2D eigenvalue weighted by Gasteiger charge is 2.51. The molecule has 1 aromatic carbocycles. The van der Waals surface area contributed by atoms with Crippen LogP contribution in [0.1, 0.15) is 49.0 Å². The minimum absolute atomic E-state index is 0.00963. The van der Waals surface area contributed by atoms with Crippen molar-refractivity contribution in [1.29, 1.82) is 0 Å². The predicted molar refractivity (Wildman–Crippen MR) is 81.8 cm³/mol. The lowest BCUT2D eigenvalue weighted by Gasteiger charge is -2.38. The van der Waals surface area contributed by atoms with Gasteiger partial charge in [0.2, 0.25) is 0 Å². The molecule has 2 nitrogen and oxygen atoms in total. The summed E-state index contributed by atoms with van der Waals surface area (Å²) < 4.78 is 0.952. The Labute approximate surface area is 128 Å². The number of fused-ring (bicyclic) bond motifs is 1. The van der Waals surface area contributed by atoms with Gasteiger partial charge in [-0.05, 0) is 43.4 Å². The van der Waals surface area contributed by atoms with Gasteiger partial charge in [0.25, 0.3) is 0 Å². The number of ketones is 2. The lowest BCUT2D eigenvalue weighted by molar-refractivity contribution is -0.131. The van der Waals surface area contributed by atoms with Crippen molar-refractivity contribution in [2.24, 2.45) is 17.3 Å². The fourth-order valence-corrected chi connectivity index (χ4v) is 4.43. The van der Waals surface area contributed by atoms with Crippen LogP contribution in [0.15, 0.2) is 22.7 Å². The second-order valence-corrected chi connectivity index (χ2v) is 7.32. The van der Waals surface area contributed by atoms with Gasteiger partial charge in [-0.15, -0.1) is 0 Å². The zero-order chi connectivity index (χ0) is 14.5. The van der Waals surface area contributed by atoms with Gasteiger partial charge in [0.1, 0.15) is 5.78 Å². The van der Waals surface area contributed by atoms with E-state index in [4.69, 9.17) is 0 Å². The maximum absolute atomic E-state index is 12.9. The smallest absolute Gasteiger partial charge is 0.169 e. The zero-order valence-corrected chi connectivity index (χ0v) is 13.5. The summed E-state index contributed by atoms with van der Waals surface area (Å²) in [6, 6.07) is 5.99. The summed E-state index contributed by atoms with van der Waals surface area (Å²) >= 11 is 3.45. The van der Waals surface area contributed by atoms with Crippen LogP contribution in [0.4, 0.5) is 0 Å². The number of carbonyl (C=O) groups excluding carboxylic acids is 2. The molecule has 3 heteroatoms. The fraction of sp³-hybridized carbons (Fsp3) is 0.529. The largest absolute Gasteiger partial charge is 0.299 e. The van der Waals surface area contributed by atoms with Crippen LogP contribution < -0.4 is 0 Å². The van der Waals surface area contributed by atoms with Crippen molar-refractivity contribution >= 4 is 27.5 Å². The Morgan fingerprint density at radius 2 is 2.05 bits per heavy atom. The van der Waals surface area contributed by atoms with E-state index in [9.17, 15) is 9.59 Å². The Kier molecular flexibility index (Phi) is 3.36. The van der Waals surface area contributed by atoms with E-state index in [1.54, 1.807) is 0 Å². The maximum atomic E-state index is 12.9. The first-order chi connectivity index (χ1) is 9.47. The van der Waals surface area contributed by atoms with Crippen LogP contribution >= 0.6 is 15.9 Å². The van der Waals surface area contributed by atoms with E-state index in [2.05, 4.69) is 22.9 Å². The van der Waals surface area contributed by atoms with Crippen LogP contribution in [0.25, 0.3) is 0 Å². The molecule has 0 bridgehead atoms. The Morgan fingerprint density at radius 3 is 2.75 bits per heavy atom. The van der Waals surface area contributed by atoms with Gasteiger partial charge >= 0.3 is 0 Å². The van der Waals surface area contributed by atoms with Gasteiger partial charge in [-0.2, -0.15) is 0 Å². The third-order valence-electron chi connectivity index (χ3n) is 5.04. The number of benzene rings is 1. The molecule has 2 aliphatic rings. The number of halogens is 1. The third kappa shape index (κ3) is 1.98. The van der Waals surface area contributed by atoms with Crippen LogP contribution in [-0.4, -0.2) is 11.6 Å². The molecule has 0 aromatic heterocycles. The Bertz CT molecular complexity index is 593. The van der Waals surface area contributed by atoms with E-state index in [1.807, 2.05) is 25.1 Å². The number of rotatable bonds is 1. The quantitative estimate of drug-likeness (QED) is 0.771. The van der Waals surface area contributed by atoms with E-state index in [0.29, 0.717) is 12.2 Å². The Morgan fingerprint density at radius 1 is 1.30 bits per heavy atom. The van der Waals surface area contributed by atoms with Crippen molar-refractivity contribution in [2.45, 2.75) is 39.5 Å². The van der Waals surface area contributed by atoms with Gasteiger partial charge < -0.3 is 0 Å². The minimum Gasteiger partial charge on any atom is -0.299 e. The molecule has 0 amide bonds. The van der Waals surface area contributed by atoms with Gasteiger partial charge in [0.05, 0.1) is 0 Å². The van der Waals surface area contributed by atoms with E-state index < -0.39 is 0 Å². The molecule has 0 heterocycles. The van der Waals surface area contributed by atoms with Gasteiger partial charge in [-0.25, -0.2) is 0 Å². The van der Waals surface area contributed by atoms with Crippen molar-refractivity contribution in [3.63, 3.8) is 0 Å². The average molecular weight is 335 g/mol. The summed E-state index contributed by atoms with van der Waals surface area (Å²) in [5.74, 6) is 0.672. The van der Waals surface area contributed by atoms with Gasteiger partial charge in [0, 0.05) is 27.3 Å². The number of hydrogen-bond donors (Lipinski definition) is 0. The van der Waals surface area contributed by atoms with Crippen molar-refractivity contribution < 1.29 is 9.59 Å². The second-order valence-electron chi connectivity index (χ2n) is 6.40. The normalized spacial score (nSPS) is 32.8. The Hall–Kier alpha value is -0.960. The molecule has 3 unspecified atom stereocenters. The summed E-state index contributed by atoms with van der Waals surface area (Å²) in [5.41, 5.74) is 1.68. The summed E-state index contributed by atoms with van der Waals surface area (Å²) in [7, 11) is 0. The summed E-state index contributed by atoms with van der Waals surface area (Å²) in [6.07, 6.45) is 3.10. The molecule has 1 spiro atoms. The van der Waals surface area contributed by atoms with Crippen LogP contribution in [0.5, 0.6) is 0 Å². The zero-order valence-electron chi connectivity index (χ0n) is 11.9. The first-order valence-corrected chi connectivity index (χ1v) is 8.13. The molecular formula is C17H19BrO2. The van der Waals surface area contributed by atoms with Crippen LogP contribution in [-0.2, 0) is 11.2 Å². The highest BCUT2D eigenvalue weighted by atomic mass is 79.9. The fourth-order valence-electron chi connectivity index (χ4n) is 4.06. The highest BCUT2D eigenvalue weighted by molar-refractivity contribution is 9.10. The first kappa shape index (κ1) is 14.0. The van der Waals surface area contributed by atoms with Crippen molar-refractivity contribution in [2.75, 3.05) is 0 Å². The predicted octanol–water partition coefficient (Wildman–Crippen LogP) is 4.20. The molecule has 1 aromatic rings. The van der Waals surface area contributed by atoms with Crippen molar-refractivity contribution in [3.8, 4) is 0 Å². The lowest BCUT2D eigenvalue weighted by atomic mass is 9.63. The molecule has 0 N–H and O–H groups in total. The first-order valence-electron chi connectivity index (χ1n) is 7.34. The van der Waals surface area contributed by atoms with E-state index in [-0.39, 0.29) is 23.0 Å². The number of Topliss-reactive ketones (excluding diaryl/α,β-unsaturated/α-hetero) is 2. The standard InChI is InChI=1S/C17H19BrO2/c1-3-11-8-17(7-10(2)15(11)19)9-12-4-5-13(18)6-14(12)16(17)20/h4-6,10-11H,3,7-9H2,1-2H3. The monoisotopic (exact) mass is 334 g/mol. The van der Waals surface area contributed by atoms with Gasteiger partial charge in [-0.1, -0.05) is 35.8 Å². The van der Waals surface area contributed by atoms with Gasteiger partial charge in [0.15, 0.2) is 5.78 Å². The van der Waals surface area contributed by atoms with Crippen LogP contribution in [0.2, 0.25) is 0 Å². The molecule has 3 atom stereocenters. The molecule has 0 saturated heterocycles. The molecule has 0 radical (unpaired) electrons. The molecule has 1 saturated carbocycles. The molecular weight excluding hydrogens is 316 g/mol. The van der Waals surface area contributed by atoms with E-state index in [0.717, 1.165) is 34.9 Å². The molecule has 1 fully saturated rings. The second kappa shape index (κ2) is 4.80. The molecule has 2 aliphatic carbocycles. The van der Waals surface area contributed by atoms with Crippen molar-refractivity contribution in [3.05, 3.63) is 33.8 Å². The summed E-state index contributed by atoms with van der Waals surface area (Å²) in [6.45, 7) is 4.04. The number of hydrogen-bond acceptors (Lipinski definition) is 2. The summed E-state index contributed by atoms with van der Waals surface area (Å²) in [5, 5.41) is 0. The lowest BCUT2D eigenvalue weighted by Crippen LogP contribution is -2.42. The van der Waals surface area contributed by atoms with Gasteiger partial charge in [-0.3, -0.25) is 9.59 Å². The molecule has 106 valence electrons. The van der Waals surface area contributed by atoms with Crippen molar-refractivity contribution in [1.82, 2.24) is 0 Å². The van der Waals surface area contributed by atoms with Crippen LogP contribution in [0, 0.1) is 17.3 Å². The Balaban J connectivity index is 1.99. The highest BCUT2D eigenvalue weighted by Crippen LogP contribution is 2.50. The maximum Gasteiger partial charge on any atom is 0.169 e. The average Bonchev–Trinajstić information content (AvgIpc) is 2.68. The SMILES string of the molecule is CCC1CC2(Cc3ccc(Br)cc3C2=O)CC(C)C1=O. The molecule has 0 aliphatic heterocycles. The van der Waals surface area contributed by atoms with Crippen LogP contribution in [0.3, 0.4) is 0 Å². The topological polar surface area (TPSA) is 34.1 Å². The van der Waals surface area contributed by atoms with E-state index >= 15 is 0 Å².